The highest BCUT2D eigenvalue weighted by atomic mass is 35.5. The van der Waals surface area contributed by atoms with Crippen LogP contribution in [-0.4, -0.2) is 23.4 Å². The Hall–Kier alpha value is -0.810. The van der Waals surface area contributed by atoms with E-state index in [1.54, 1.807) is 0 Å². The van der Waals surface area contributed by atoms with E-state index >= 15 is 0 Å². The van der Waals surface area contributed by atoms with Gasteiger partial charge in [0.25, 0.3) is 0 Å². The van der Waals surface area contributed by atoms with E-state index < -0.39 is 17.5 Å². The van der Waals surface area contributed by atoms with Crippen molar-refractivity contribution in [2.45, 2.75) is 58.0 Å². The predicted molar refractivity (Wildman–Crippen MR) is 70.8 cm³/mol. The van der Waals surface area contributed by atoms with Crippen molar-refractivity contribution >= 4 is 24.2 Å². The van der Waals surface area contributed by atoms with Crippen LogP contribution >= 0.6 is 12.4 Å². The zero-order chi connectivity index (χ0) is 12.8. The van der Waals surface area contributed by atoms with Gasteiger partial charge in [-0.2, -0.15) is 0 Å². The molecule has 1 unspecified atom stereocenters. The van der Waals surface area contributed by atoms with Crippen molar-refractivity contribution in [2.75, 3.05) is 0 Å². The SMILES string of the molecule is CCCC(N)C(=O)NC(CC)(CC)C(N)=O.Cl. The molecule has 0 aliphatic heterocycles. The molecular weight excluding hydrogens is 242 g/mol. The van der Waals surface area contributed by atoms with Crippen molar-refractivity contribution in [2.24, 2.45) is 11.5 Å². The maximum atomic E-state index is 11.7. The largest absolute Gasteiger partial charge is 0.368 e. The van der Waals surface area contributed by atoms with Crippen molar-refractivity contribution < 1.29 is 9.59 Å². The van der Waals surface area contributed by atoms with E-state index in [4.69, 9.17) is 11.5 Å². The fourth-order valence-electron chi connectivity index (χ4n) is 1.61. The summed E-state index contributed by atoms with van der Waals surface area (Å²) >= 11 is 0. The fourth-order valence-corrected chi connectivity index (χ4v) is 1.61. The topological polar surface area (TPSA) is 98.2 Å². The molecule has 5 nitrogen and oxygen atoms in total. The summed E-state index contributed by atoms with van der Waals surface area (Å²) in [4.78, 5) is 23.1. The number of primary amides is 1. The first-order chi connectivity index (χ1) is 7.43. The molecule has 0 bridgehead atoms. The standard InChI is InChI=1S/C11H23N3O2.ClH/c1-4-7-8(12)9(15)14-11(5-2,6-3)10(13)16;/h8H,4-7,12H2,1-3H3,(H2,13,16)(H,14,15);1H. The molecule has 0 spiro atoms. The zero-order valence-corrected chi connectivity index (χ0v) is 11.6. The molecule has 0 fully saturated rings. The van der Waals surface area contributed by atoms with E-state index in [1.807, 2.05) is 20.8 Å². The lowest BCUT2D eigenvalue weighted by atomic mass is 9.91. The van der Waals surface area contributed by atoms with Gasteiger partial charge in [0.05, 0.1) is 6.04 Å². The first-order valence-corrected chi connectivity index (χ1v) is 5.81. The molecule has 0 saturated carbocycles. The second-order valence-electron chi connectivity index (χ2n) is 4.04. The lowest BCUT2D eigenvalue weighted by molar-refractivity contribution is -0.132. The van der Waals surface area contributed by atoms with Crippen molar-refractivity contribution in [1.29, 1.82) is 0 Å². The van der Waals surface area contributed by atoms with E-state index in [9.17, 15) is 9.59 Å². The molecule has 0 aromatic rings. The molecule has 0 aliphatic carbocycles. The quantitative estimate of drug-likeness (QED) is 0.632. The number of hydrogen-bond acceptors (Lipinski definition) is 3. The Morgan fingerprint density at radius 1 is 1.24 bits per heavy atom. The number of nitrogens with two attached hydrogens (primary N) is 2. The molecule has 5 N–H and O–H groups in total. The Morgan fingerprint density at radius 3 is 2.00 bits per heavy atom. The maximum absolute atomic E-state index is 11.7. The molecule has 0 heterocycles. The summed E-state index contributed by atoms with van der Waals surface area (Å²) in [5.74, 6) is -0.807. The van der Waals surface area contributed by atoms with E-state index in [-0.39, 0.29) is 18.3 Å². The summed E-state index contributed by atoms with van der Waals surface area (Å²) in [5.41, 5.74) is 10.0. The van der Waals surface area contributed by atoms with Crippen LogP contribution in [0, 0.1) is 0 Å². The normalized spacial score (nSPS) is 12.5. The average molecular weight is 266 g/mol. The van der Waals surface area contributed by atoms with Gasteiger partial charge in [0.2, 0.25) is 11.8 Å². The maximum Gasteiger partial charge on any atom is 0.243 e. The number of carbonyl (C=O) groups excluding carboxylic acids is 2. The lowest BCUT2D eigenvalue weighted by Gasteiger charge is -2.30. The number of amides is 2. The Kier molecular flexibility index (Phi) is 9.06. The van der Waals surface area contributed by atoms with Crippen molar-refractivity contribution in [3.63, 3.8) is 0 Å². The van der Waals surface area contributed by atoms with E-state index in [1.165, 1.54) is 0 Å². The van der Waals surface area contributed by atoms with Crippen molar-refractivity contribution in [3.8, 4) is 0 Å². The number of hydrogen-bond donors (Lipinski definition) is 3. The van der Waals surface area contributed by atoms with Gasteiger partial charge in [-0.1, -0.05) is 27.2 Å². The smallest absolute Gasteiger partial charge is 0.243 e. The molecular formula is C11H24ClN3O2. The van der Waals surface area contributed by atoms with Crippen LogP contribution in [0.25, 0.3) is 0 Å². The highest BCUT2D eigenvalue weighted by Gasteiger charge is 2.35. The van der Waals surface area contributed by atoms with Gasteiger partial charge in [-0.05, 0) is 19.3 Å². The van der Waals surface area contributed by atoms with Gasteiger partial charge in [-0.25, -0.2) is 0 Å². The molecule has 17 heavy (non-hydrogen) atoms. The second-order valence-corrected chi connectivity index (χ2v) is 4.04. The highest BCUT2D eigenvalue weighted by molar-refractivity contribution is 5.92. The Morgan fingerprint density at radius 2 is 1.71 bits per heavy atom. The van der Waals surface area contributed by atoms with Crippen LogP contribution in [0.1, 0.15) is 46.5 Å². The van der Waals surface area contributed by atoms with Gasteiger partial charge in [-0.3, -0.25) is 9.59 Å². The minimum atomic E-state index is -0.956. The van der Waals surface area contributed by atoms with Crippen LogP contribution < -0.4 is 16.8 Å². The van der Waals surface area contributed by atoms with Crippen LogP contribution in [0.4, 0.5) is 0 Å². The minimum absolute atomic E-state index is 0. The summed E-state index contributed by atoms with van der Waals surface area (Å²) in [6.07, 6.45) is 2.39. The Bertz CT molecular complexity index is 255. The van der Waals surface area contributed by atoms with Crippen LogP contribution in [0.15, 0.2) is 0 Å². The summed E-state index contributed by atoms with van der Waals surface area (Å²) < 4.78 is 0. The molecule has 0 aliphatic rings. The predicted octanol–water partition coefficient (Wildman–Crippen LogP) is 0.696. The lowest BCUT2D eigenvalue weighted by Crippen LogP contribution is -2.59. The summed E-state index contributed by atoms with van der Waals surface area (Å²) in [7, 11) is 0. The number of halogens is 1. The molecule has 0 rings (SSSR count). The van der Waals surface area contributed by atoms with Gasteiger partial charge in [0.15, 0.2) is 0 Å². The first-order valence-electron chi connectivity index (χ1n) is 5.81. The monoisotopic (exact) mass is 265 g/mol. The molecule has 6 heteroatoms. The molecule has 0 radical (unpaired) electrons. The number of carbonyl (C=O) groups is 2. The van der Waals surface area contributed by atoms with Gasteiger partial charge in [0, 0.05) is 0 Å². The van der Waals surface area contributed by atoms with Crippen LogP contribution in [0.2, 0.25) is 0 Å². The summed E-state index contributed by atoms with van der Waals surface area (Å²) in [5, 5.41) is 2.68. The summed E-state index contributed by atoms with van der Waals surface area (Å²) in [6.45, 7) is 5.59. The van der Waals surface area contributed by atoms with Gasteiger partial charge in [-0.15, -0.1) is 12.4 Å². The third kappa shape index (κ3) is 4.91. The first kappa shape index (κ1) is 18.6. The van der Waals surface area contributed by atoms with Crippen LogP contribution in [0.5, 0.6) is 0 Å². The van der Waals surface area contributed by atoms with Crippen molar-refractivity contribution in [3.05, 3.63) is 0 Å². The van der Waals surface area contributed by atoms with Crippen LogP contribution in [-0.2, 0) is 9.59 Å². The number of rotatable bonds is 7. The fraction of sp³-hybridized carbons (Fsp3) is 0.818. The highest BCUT2D eigenvalue weighted by Crippen LogP contribution is 2.14. The van der Waals surface area contributed by atoms with E-state index in [0.29, 0.717) is 19.3 Å². The second kappa shape index (κ2) is 8.31. The minimum Gasteiger partial charge on any atom is -0.368 e. The third-order valence-corrected chi connectivity index (χ3v) is 2.98. The van der Waals surface area contributed by atoms with Gasteiger partial charge >= 0.3 is 0 Å². The summed E-state index contributed by atoms with van der Waals surface area (Å²) in [6, 6.07) is -0.568. The van der Waals surface area contributed by atoms with Crippen LogP contribution in [0.3, 0.4) is 0 Å². The molecule has 0 saturated heterocycles. The zero-order valence-electron chi connectivity index (χ0n) is 10.8. The van der Waals surface area contributed by atoms with Crippen molar-refractivity contribution in [1.82, 2.24) is 5.32 Å². The molecule has 1 atom stereocenters. The average Bonchev–Trinajstić information content (AvgIpc) is 2.25. The Balaban J connectivity index is 0. The third-order valence-electron chi connectivity index (χ3n) is 2.98. The molecule has 0 aromatic carbocycles. The van der Waals surface area contributed by atoms with E-state index in [0.717, 1.165) is 6.42 Å². The molecule has 0 aromatic heterocycles. The molecule has 2 amide bonds. The Labute approximate surface area is 109 Å². The molecule has 102 valence electrons. The number of nitrogens with one attached hydrogen (secondary N) is 1. The van der Waals surface area contributed by atoms with Gasteiger partial charge in [0.1, 0.15) is 5.54 Å². The van der Waals surface area contributed by atoms with E-state index in [2.05, 4.69) is 5.32 Å². The van der Waals surface area contributed by atoms with Gasteiger partial charge < -0.3 is 16.8 Å².